The maximum absolute atomic E-state index is 13.2. The maximum atomic E-state index is 13.2. The molecule has 5 heteroatoms. The number of halogens is 2. The summed E-state index contributed by atoms with van der Waals surface area (Å²) in [4.78, 5) is 11.1. The van der Waals surface area contributed by atoms with E-state index in [1.165, 1.54) is 18.2 Å². The summed E-state index contributed by atoms with van der Waals surface area (Å²) >= 11 is 0. The number of hydrogen-bond acceptors (Lipinski definition) is 2. The van der Waals surface area contributed by atoms with E-state index >= 15 is 0 Å². The Hall–Kier alpha value is -1.49. The molecule has 0 fully saturated rings. The molecule has 0 saturated heterocycles. The van der Waals surface area contributed by atoms with Crippen LogP contribution in [0.3, 0.4) is 0 Å². The third kappa shape index (κ3) is 4.95. The first kappa shape index (κ1) is 15.6. The summed E-state index contributed by atoms with van der Waals surface area (Å²) in [6.45, 7) is 4.51. The van der Waals surface area contributed by atoms with Gasteiger partial charge in [-0.2, -0.15) is 0 Å². The fourth-order valence-corrected chi connectivity index (χ4v) is 1.83. The average molecular weight is 271 g/mol. The Morgan fingerprint density at radius 1 is 1.42 bits per heavy atom. The molecule has 2 N–H and O–H groups in total. The number of carboxylic acids is 1. The number of nitrogens with one attached hydrogen (secondary N) is 1. The van der Waals surface area contributed by atoms with Gasteiger partial charge >= 0.3 is 5.97 Å². The van der Waals surface area contributed by atoms with Gasteiger partial charge in [0.25, 0.3) is 5.92 Å². The van der Waals surface area contributed by atoms with Gasteiger partial charge < -0.3 is 10.4 Å². The van der Waals surface area contributed by atoms with E-state index in [-0.39, 0.29) is 18.0 Å². The number of benzene rings is 1. The Bertz CT molecular complexity index is 441. The number of carbonyl (C=O) groups is 1. The van der Waals surface area contributed by atoms with Crippen LogP contribution in [-0.2, 0) is 17.1 Å². The van der Waals surface area contributed by atoms with E-state index in [1.807, 2.05) is 13.8 Å². The van der Waals surface area contributed by atoms with Crippen LogP contribution < -0.4 is 5.32 Å². The number of alkyl halides is 2. The lowest BCUT2D eigenvalue weighted by molar-refractivity contribution is -0.139. The molecule has 1 unspecified atom stereocenters. The molecule has 0 heterocycles. The maximum Gasteiger partial charge on any atom is 0.321 e. The molecule has 0 aromatic heterocycles. The topological polar surface area (TPSA) is 49.3 Å². The Morgan fingerprint density at radius 3 is 2.53 bits per heavy atom. The van der Waals surface area contributed by atoms with Crippen LogP contribution in [0.15, 0.2) is 24.3 Å². The lowest BCUT2D eigenvalue weighted by Crippen LogP contribution is -2.42. The van der Waals surface area contributed by atoms with Crippen molar-refractivity contribution in [3.05, 3.63) is 35.4 Å². The fourth-order valence-electron chi connectivity index (χ4n) is 1.83. The molecule has 106 valence electrons. The van der Waals surface area contributed by atoms with Gasteiger partial charge in [0.15, 0.2) is 0 Å². The minimum atomic E-state index is -2.92. The van der Waals surface area contributed by atoms with Crippen LogP contribution in [0.5, 0.6) is 0 Å². The summed E-state index contributed by atoms with van der Waals surface area (Å²) in [7, 11) is 0. The van der Waals surface area contributed by atoms with Gasteiger partial charge in [0.1, 0.15) is 6.04 Å². The fraction of sp³-hybridized carbons (Fsp3) is 0.500. The smallest absolute Gasteiger partial charge is 0.321 e. The quantitative estimate of drug-likeness (QED) is 0.836. The monoisotopic (exact) mass is 271 g/mol. The summed E-state index contributed by atoms with van der Waals surface area (Å²) in [5, 5.41) is 12.0. The predicted octanol–water partition coefficient (Wildman–Crippen LogP) is 2.79. The lowest BCUT2D eigenvalue weighted by atomic mass is 10.0. The van der Waals surface area contributed by atoms with Gasteiger partial charge in [-0.1, -0.05) is 32.0 Å². The van der Waals surface area contributed by atoms with Gasteiger partial charge in [0.2, 0.25) is 0 Å². The molecule has 0 saturated carbocycles. The molecule has 0 aliphatic carbocycles. The van der Waals surface area contributed by atoms with Crippen LogP contribution in [0.2, 0.25) is 0 Å². The third-order valence-electron chi connectivity index (χ3n) is 2.71. The molecular formula is C14H19F2NO2. The zero-order valence-electron chi connectivity index (χ0n) is 11.3. The first-order valence-corrected chi connectivity index (χ1v) is 6.16. The van der Waals surface area contributed by atoms with Crippen molar-refractivity contribution in [1.29, 1.82) is 0 Å². The number of hydrogen-bond donors (Lipinski definition) is 2. The van der Waals surface area contributed by atoms with Crippen molar-refractivity contribution in [3.63, 3.8) is 0 Å². The van der Waals surface area contributed by atoms with E-state index in [0.29, 0.717) is 5.56 Å². The Balaban J connectivity index is 2.88. The van der Waals surface area contributed by atoms with Gasteiger partial charge in [0, 0.05) is 18.5 Å². The van der Waals surface area contributed by atoms with E-state index in [2.05, 4.69) is 5.32 Å². The molecule has 0 amide bonds. The molecular weight excluding hydrogens is 252 g/mol. The highest BCUT2D eigenvalue weighted by molar-refractivity contribution is 5.74. The first-order chi connectivity index (χ1) is 8.70. The molecule has 1 atom stereocenters. The first-order valence-electron chi connectivity index (χ1n) is 6.16. The Kier molecular flexibility index (Phi) is 5.00. The molecule has 19 heavy (non-hydrogen) atoms. The van der Waals surface area contributed by atoms with Gasteiger partial charge in [-0.25, -0.2) is 8.78 Å². The zero-order chi connectivity index (χ0) is 14.6. The van der Waals surface area contributed by atoms with Crippen molar-refractivity contribution >= 4 is 5.97 Å². The third-order valence-corrected chi connectivity index (χ3v) is 2.71. The van der Waals surface area contributed by atoms with E-state index in [0.717, 1.165) is 6.92 Å². The highest BCUT2D eigenvalue weighted by Crippen LogP contribution is 2.27. The molecule has 1 aromatic rings. The largest absolute Gasteiger partial charge is 0.480 e. The van der Waals surface area contributed by atoms with Crippen molar-refractivity contribution < 1.29 is 18.7 Å². The van der Waals surface area contributed by atoms with Gasteiger partial charge in [0.05, 0.1) is 0 Å². The van der Waals surface area contributed by atoms with Crippen molar-refractivity contribution in [2.45, 2.75) is 45.2 Å². The molecule has 0 bridgehead atoms. The molecule has 3 nitrogen and oxygen atoms in total. The molecule has 1 aromatic carbocycles. The minimum Gasteiger partial charge on any atom is -0.480 e. The van der Waals surface area contributed by atoms with Crippen molar-refractivity contribution in [1.82, 2.24) is 5.32 Å². The van der Waals surface area contributed by atoms with Crippen LogP contribution in [-0.4, -0.2) is 23.2 Å². The van der Waals surface area contributed by atoms with Gasteiger partial charge in [-0.15, -0.1) is 0 Å². The van der Waals surface area contributed by atoms with Crippen molar-refractivity contribution in [3.8, 4) is 0 Å². The number of carboxylic acid groups (broad SMARTS) is 1. The molecule has 0 radical (unpaired) electrons. The van der Waals surface area contributed by atoms with E-state index < -0.39 is 17.9 Å². The average Bonchev–Trinajstić information content (AvgIpc) is 2.26. The highest BCUT2D eigenvalue weighted by atomic mass is 19.3. The van der Waals surface area contributed by atoms with Crippen LogP contribution in [0.1, 0.15) is 31.9 Å². The Labute approximate surface area is 111 Å². The van der Waals surface area contributed by atoms with E-state index in [1.54, 1.807) is 6.07 Å². The second-order valence-electron chi connectivity index (χ2n) is 5.01. The van der Waals surface area contributed by atoms with E-state index in [4.69, 9.17) is 5.11 Å². The van der Waals surface area contributed by atoms with E-state index in [9.17, 15) is 13.6 Å². The summed E-state index contributed by atoms with van der Waals surface area (Å²) < 4.78 is 26.4. The number of rotatable bonds is 6. The zero-order valence-corrected chi connectivity index (χ0v) is 11.3. The Morgan fingerprint density at radius 2 is 2.05 bits per heavy atom. The van der Waals surface area contributed by atoms with Crippen LogP contribution in [0.4, 0.5) is 8.78 Å². The minimum absolute atomic E-state index is 0.0110. The standard InChI is InChI=1S/C14H19F2NO2/c1-9(2)17-12(13(18)19)8-10-5-4-6-11(7-10)14(3,15)16/h4-7,9,12,17H,8H2,1-3H3,(H,18,19). The summed E-state index contributed by atoms with van der Waals surface area (Å²) in [6.07, 6.45) is 0.178. The normalized spacial score (nSPS) is 13.6. The number of aliphatic carboxylic acids is 1. The summed E-state index contributed by atoms with van der Waals surface area (Å²) in [6, 6.07) is 5.12. The molecule has 0 spiro atoms. The second-order valence-corrected chi connectivity index (χ2v) is 5.01. The molecule has 1 rings (SSSR count). The second kappa shape index (κ2) is 6.10. The lowest BCUT2D eigenvalue weighted by Gasteiger charge is -2.18. The SMILES string of the molecule is CC(C)NC(Cc1cccc(C(C)(F)F)c1)C(=O)O. The van der Waals surface area contributed by atoms with Gasteiger partial charge in [-0.3, -0.25) is 4.79 Å². The predicted molar refractivity (Wildman–Crippen MR) is 69.4 cm³/mol. The van der Waals surface area contributed by atoms with Gasteiger partial charge in [-0.05, 0) is 18.1 Å². The highest BCUT2D eigenvalue weighted by Gasteiger charge is 2.25. The van der Waals surface area contributed by atoms with Crippen LogP contribution in [0.25, 0.3) is 0 Å². The van der Waals surface area contributed by atoms with Crippen molar-refractivity contribution in [2.24, 2.45) is 0 Å². The van der Waals surface area contributed by atoms with Crippen LogP contribution in [0, 0.1) is 0 Å². The van der Waals surface area contributed by atoms with Crippen LogP contribution >= 0.6 is 0 Å². The molecule has 0 aliphatic heterocycles. The summed E-state index contributed by atoms with van der Waals surface area (Å²) in [5.74, 6) is -3.90. The van der Waals surface area contributed by atoms with Crippen molar-refractivity contribution in [2.75, 3.05) is 0 Å². The molecule has 0 aliphatic rings. The summed E-state index contributed by atoms with van der Waals surface area (Å²) in [5.41, 5.74) is 0.485.